The van der Waals surface area contributed by atoms with E-state index in [9.17, 15) is 0 Å². The van der Waals surface area contributed by atoms with E-state index in [1.807, 2.05) is 18.2 Å². The summed E-state index contributed by atoms with van der Waals surface area (Å²) in [6.45, 7) is 0. The van der Waals surface area contributed by atoms with Gasteiger partial charge in [0.2, 0.25) is 0 Å². The number of nitrogens with zero attached hydrogens (tertiary/aromatic N) is 4. The van der Waals surface area contributed by atoms with Crippen molar-refractivity contribution < 1.29 is 0 Å². The molecular formula is C52H34N4. The van der Waals surface area contributed by atoms with E-state index in [0.717, 1.165) is 35.1 Å². The fourth-order valence-electron chi connectivity index (χ4n) is 9.68. The first-order valence-electron chi connectivity index (χ1n) is 19.4. The van der Waals surface area contributed by atoms with Crippen LogP contribution in [-0.2, 0) is 5.41 Å². The van der Waals surface area contributed by atoms with Gasteiger partial charge in [0, 0.05) is 27.5 Å². The lowest BCUT2D eigenvalue weighted by molar-refractivity contribution is 0.749. The molecule has 2 aliphatic carbocycles. The molecule has 56 heavy (non-hydrogen) atoms. The molecular weight excluding hydrogens is 681 g/mol. The standard InChI is InChI=1S/C52H34N4/c1-3-14-34(15-4-1)49-53-50(35-16-5-2-6-17-35)55-51(54-49)36-28-26-33(27-29-36)37-30-31-39-38-18-7-9-21-42(38)52(45(39)32-37)43-22-10-12-25-47(43)56-46-24-11-8-19-40(46)41-20-13-23-44(52)48(41)56/h1,3-5,7-32H,2,6H2. The molecule has 0 radical (unpaired) electrons. The minimum Gasteiger partial charge on any atom is -0.309 e. The quantitative estimate of drug-likeness (QED) is 0.182. The molecule has 1 atom stereocenters. The fraction of sp³-hybridized carbons (Fsp3) is 0.0577. The van der Waals surface area contributed by atoms with E-state index in [4.69, 9.17) is 15.0 Å². The van der Waals surface area contributed by atoms with Gasteiger partial charge in [0.15, 0.2) is 17.5 Å². The number of hydrogen-bond acceptors (Lipinski definition) is 3. The van der Waals surface area contributed by atoms with Crippen molar-refractivity contribution in [2.75, 3.05) is 0 Å². The van der Waals surface area contributed by atoms with Crippen molar-refractivity contribution in [3.63, 3.8) is 0 Å². The van der Waals surface area contributed by atoms with Crippen LogP contribution in [0.25, 0.3) is 78.1 Å². The molecule has 0 N–H and O–H groups in total. The Labute approximate surface area is 324 Å². The smallest absolute Gasteiger partial charge is 0.164 e. The van der Waals surface area contributed by atoms with Crippen LogP contribution in [-0.4, -0.2) is 19.5 Å². The van der Waals surface area contributed by atoms with Crippen LogP contribution < -0.4 is 0 Å². The summed E-state index contributed by atoms with van der Waals surface area (Å²) in [5.74, 6) is 2.06. The molecule has 2 aromatic heterocycles. The first kappa shape index (κ1) is 31.2. The van der Waals surface area contributed by atoms with Crippen molar-refractivity contribution in [2.24, 2.45) is 0 Å². The molecule has 0 amide bonds. The molecule has 4 heteroatoms. The summed E-state index contributed by atoms with van der Waals surface area (Å²) in [4.78, 5) is 14.9. The zero-order valence-electron chi connectivity index (χ0n) is 30.5. The van der Waals surface area contributed by atoms with E-state index in [2.05, 4.69) is 168 Å². The van der Waals surface area contributed by atoms with Crippen LogP contribution in [0.1, 0.15) is 40.9 Å². The maximum Gasteiger partial charge on any atom is 0.164 e. The molecule has 3 aliphatic rings. The molecule has 0 fully saturated rings. The predicted molar refractivity (Wildman–Crippen MR) is 228 cm³/mol. The second-order valence-electron chi connectivity index (χ2n) is 15.0. The van der Waals surface area contributed by atoms with Gasteiger partial charge in [0.1, 0.15) is 0 Å². The Kier molecular flexibility index (Phi) is 6.64. The minimum absolute atomic E-state index is 0.486. The van der Waals surface area contributed by atoms with Gasteiger partial charge in [-0.2, -0.15) is 0 Å². The minimum atomic E-state index is -0.486. The molecule has 12 rings (SSSR count). The predicted octanol–water partition coefficient (Wildman–Crippen LogP) is 12.4. The summed E-state index contributed by atoms with van der Waals surface area (Å²) in [6.07, 6.45) is 8.57. The number of allylic oxidation sites excluding steroid dienone is 4. The second kappa shape index (κ2) is 11.9. The lowest BCUT2D eigenvalue weighted by Gasteiger charge is -2.39. The molecule has 7 aromatic carbocycles. The van der Waals surface area contributed by atoms with Crippen LogP contribution in [0.4, 0.5) is 0 Å². The molecule has 1 unspecified atom stereocenters. The number of benzene rings is 7. The van der Waals surface area contributed by atoms with Crippen LogP contribution in [0.3, 0.4) is 0 Å². The van der Waals surface area contributed by atoms with E-state index in [1.165, 1.54) is 66.4 Å². The maximum absolute atomic E-state index is 5.01. The van der Waals surface area contributed by atoms with E-state index in [-0.39, 0.29) is 0 Å². The van der Waals surface area contributed by atoms with E-state index in [0.29, 0.717) is 17.5 Å². The number of fused-ring (bicyclic) bond motifs is 12. The van der Waals surface area contributed by atoms with Gasteiger partial charge in [-0.3, -0.25) is 0 Å². The molecule has 9 aromatic rings. The Morgan fingerprint density at radius 2 is 1.09 bits per heavy atom. The molecule has 262 valence electrons. The summed E-state index contributed by atoms with van der Waals surface area (Å²) >= 11 is 0. The van der Waals surface area contributed by atoms with Crippen LogP contribution >= 0.6 is 0 Å². The van der Waals surface area contributed by atoms with Crippen molar-refractivity contribution in [1.82, 2.24) is 19.5 Å². The van der Waals surface area contributed by atoms with Gasteiger partial charge in [0.25, 0.3) is 0 Å². The van der Waals surface area contributed by atoms with Crippen LogP contribution in [0.5, 0.6) is 0 Å². The zero-order valence-corrected chi connectivity index (χ0v) is 30.5. The Hall–Kier alpha value is -7.17. The SMILES string of the molecule is C1=CC(c2nc(-c3ccccc3)nc(-c3ccc(-c4ccc5c(c4)C4(c6ccccc6-5)c5ccccc5-n5c6ccccc6c6cccc4c65)cc3)n2)=CCC1. The Balaban J connectivity index is 1.04. The largest absolute Gasteiger partial charge is 0.309 e. The van der Waals surface area contributed by atoms with Gasteiger partial charge in [-0.25, -0.2) is 15.0 Å². The average molecular weight is 715 g/mol. The average Bonchev–Trinajstić information content (AvgIpc) is 3.77. The third kappa shape index (κ3) is 4.32. The number of para-hydroxylation sites is 3. The lowest BCUT2D eigenvalue weighted by atomic mass is 9.65. The van der Waals surface area contributed by atoms with Crippen LogP contribution in [0.15, 0.2) is 182 Å². The van der Waals surface area contributed by atoms with Gasteiger partial charge in [-0.15, -0.1) is 0 Å². The highest BCUT2D eigenvalue weighted by atomic mass is 15.0. The van der Waals surface area contributed by atoms with Crippen LogP contribution in [0.2, 0.25) is 0 Å². The molecule has 1 aliphatic heterocycles. The zero-order chi connectivity index (χ0) is 36.8. The van der Waals surface area contributed by atoms with Crippen molar-refractivity contribution in [1.29, 1.82) is 0 Å². The Morgan fingerprint density at radius 3 is 1.93 bits per heavy atom. The molecule has 1 spiro atoms. The van der Waals surface area contributed by atoms with Gasteiger partial charge in [-0.05, 0) is 75.5 Å². The highest BCUT2D eigenvalue weighted by molar-refractivity contribution is 6.12. The summed E-state index contributed by atoms with van der Waals surface area (Å²) in [7, 11) is 0. The van der Waals surface area contributed by atoms with Gasteiger partial charge >= 0.3 is 0 Å². The topological polar surface area (TPSA) is 43.6 Å². The summed E-state index contributed by atoms with van der Waals surface area (Å²) in [6, 6.07) is 59.8. The highest BCUT2D eigenvalue weighted by Gasteiger charge is 2.50. The highest BCUT2D eigenvalue weighted by Crippen LogP contribution is 2.61. The first-order chi connectivity index (χ1) is 27.8. The normalized spacial score (nSPS) is 16.2. The van der Waals surface area contributed by atoms with Gasteiger partial charge in [-0.1, -0.05) is 164 Å². The maximum atomic E-state index is 5.01. The van der Waals surface area contributed by atoms with Gasteiger partial charge < -0.3 is 4.57 Å². The first-order valence-corrected chi connectivity index (χ1v) is 19.4. The van der Waals surface area contributed by atoms with Crippen LogP contribution in [0, 0.1) is 0 Å². The van der Waals surface area contributed by atoms with Crippen molar-refractivity contribution in [3.05, 3.63) is 210 Å². The summed E-state index contributed by atoms with van der Waals surface area (Å²) in [5, 5.41) is 2.57. The molecule has 3 heterocycles. The summed E-state index contributed by atoms with van der Waals surface area (Å²) < 4.78 is 2.50. The number of aromatic nitrogens is 4. The van der Waals surface area contributed by atoms with Crippen molar-refractivity contribution in [3.8, 4) is 50.7 Å². The molecule has 0 saturated carbocycles. The van der Waals surface area contributed by atoms with Crippen molar-refractivity contribution in [2.45, 2.75) is 18.3 Å². The third-order valence-electron chi connectivity index (χ3n) is 12.1. The molecule has 0 bridgehead atoms. The monoisotopic (exact) mass is 714 g/mol. The number of rotatable bonds is 4. The lowest BCUT2D eigenvalue weighted by Crippen LogP contribution is -2.33. The van der Waals surface area contributed by atoms with Gasteiger partial charge in [0.05, 0.1) is 22.1 Å². The number of hydrogen-bond donors (Lipinski definition) is 0. The van der Waals surface area contributed by atoms with Crippen molar-refractivity contribution >= 4 is 27.4 Å². The second-order valence-corrected chi connectivity index (χ2v) is 15.0. The fourth-order valence-corrected chi connectivity index (χ4v) is 9.68. The Morgan fingerprint density at radius 1 is 0.446 bits per heavy atom. The molecule has 0 saturated heterocycles. The molecule has 4 nitrogen and oxygen atoms in total. The van der Waals surface area contributed by atoms with E-state index in [1.54, 1.807) is 0 Å². The van der Waals surface area contributed by atoms with E-state index < -0.39 is 5.41 Å². The summed E-state index contributed by atoms with van der Waals surface area (Å²) in [5.41, 5.74) is 16.5. The third-order valence-corrected chi connectivity index (χ3v) is 12.1. The van der Waals surface area contributed by atoms with E-state index >= 15 is 0 Å². The Bertz CT molecular complexity index is 3130.